The van der Waals surface area contributed by atoms with Gasteiger partial charge in [-0.1, -0.05) is 12.1 Å². The molecule has 0 aliphatic carbocycles. The summed E-state index contributed by atoms with van der Waals surface area (Å²) in [7, 11) is 0. The molecule has 0 saturated heterocycles. The van der Waals surface area contributed by atoms with Gasteiger partial charge in [0, 0.05) is 0 Å². The van der Waals surface area contributed by atoms with Crippen LogP contribution >= 0.6 is 0 Å². The van der Waals surface area contributed by atoms with E-state index in [2.05, 4.69) is 5.32 Å². The summed E-state index contributed by atoms with van der Waals surface area (Å²) in [5, 5.41) is 11.0. The summed E-state index contributed by atoms with van der Waals surface area (Å²) in [5.41, 5.74) is 6.20. The third-order valence-electron chi connectivity index (χ3n) is 1.91. The SMILES string of the molecule is N#Cc1ccc(CC(=O)NCC(N)=O)cc1. The van der Waals surface area contributed by atoms with E-state index < -0.39 is 5.91 Å². The number of rotatable bonds is 4. The van der Waals surface area contributed by atoms with Gasteiger partial charge in [-0.15, -0.1) is 0 Å². The summed E-state index contributed by atoms with van der Waals surface area (Å²) in [6.07, 6.45) is 0.166. The molecule has 2 amide bonds. The van der Waals surface area contributed by atoms with Crippen LogP contribution in [0.25, 0.3) is 0 Å². The highest BCUT2D eigenvalue weighted by molar-refractivity contribution is 5.84. The molecule has 0 atom stereocenters. The minimum atomic E-state index is -0.576. The first-order chi connectivity index (χ1) is 7.61. The van der Waals surface area contributed by atoms with Gasteiger partial charge in [0.25, 0.3) is 0 Å². The van der Waals surface area contributed by atoms with Crippen molar-refractivity contribution in [1.82, 2.24) is 5.32 Å². The Labute approximate surface area is 92.9 Å². The third kappa shape index (κ3) is 3.80. The second-order valence-corrected chi connectivity index (χ2v) is 3.23. The standard InChI is InChI=1S/C11H11N3O2/c12-6-9-3-1-8(2-4-9)5-11(16)14-7-10(13)15/h1-4H,5,7H2,(H2,13,15)(H,14,16). The van der Waals surface area contributed by atoms with E-state index in [9.17, 15) is 9.59 Å². The first-order valence-corrected chi connectivity index (χ1v) is 4.66. The van der Waals surface area contributed by atoms with Crippen molar-refractivity contribution >= 4 is 11.8 Å². The van der Waals surface area contributed by atoms with Crippen LogP contribution in [0.3, 0.4) is 0 Å². The van der Waals surface area contributed by atoms with Crippen LogP contribution in [0.1, 0.15) is 11.1 Å². The number of hydrogen-bond acceptors (Lipinski definition) is 3. The molecule has 0 aromatic heterocycles. The predicted octanol–water partition coefficient (Wildman–Crippen LogP) is -0.298. The number of nitriles is 1. The molecule has 0 bridgehead atoms. The highest BCUT2D eigenvalue weighted by Gasteiger charge is 2.04. The zero-order valence-corrected chi connectivity index (χ0v) is 8.56. The van der Waals surface area contributed by atoms with Crippen molar-refractivity contribution in [2.75, 3.05) is 6.54 Å². The fourth-order valence-corrected chi connectivity index (χ4v) is 1.13. The van der Waals surface area contributed by atoms with Crippen molar-refractivity contribution in [3.63, 3.8) is 0 Å². The fraction of sp³-hybridized carbons (Fsp3) is 0.182. The van der Waals surface area contributed by atoms with E-state index in [1.807, 2.05) is 6.07 Å². The lowest BCUT2D eigenvalue weighted by molar-refractivity contribution is -0.124. The van der Waals surface area contributed by atoms with Crippen LogP contribution in [0, 0.1) is 11.3 Å². The van der Waals surface area contributed by atoms with E-state index in [1.54, 1.807) is 24.3 Å². The predicted molar refractivity (Wildman–Crippen MR) is 57.1 cm³/mol. The van der Waals surface area contributed by atoms with Crippen LogP contribution in [0.4, 0.5) is 0 Å². The Hall–Kier alpha value is -2.35. The van der Waals surface area contributed by atoms with E-state index in [1.165, 1.54) is 0 Å². The quantitative estimate of drug-likeness (QED) is 0.724. The van der Waals surface area contributed by atoms with Gasteiger partial charge >= 0.3 is 0 Å². The largest absolute Gasteiger partial charge is 0.368 e. The zero-order chi connectivity index (χ0) is 12.0. The first kappa shape index (κ1) is 11.7. The molecule has 1 rings (SSSR count). The number of amides is 2. The molecule has 0 heterocycles. The molecule has 0 radical (unpaired) electrons. The van der Waals surface area contributed by atoms with Gasteiger partial charge in [0.15, 0.2) is 0 Å². The molecule has 5 heteroatoms. The second-order valence-electron chi connectivity index (χ2n) is 3.23. The molecular formula is C11H11N3O2. The van der Waals surface area contributed by atoms with Crippen molar-refractivity contribution in [2.45, 2.75) is 6.42 Å². The maximum absolute atomic E-state index is 11.3. The molecular weight excluding hydrogens is 206 g/mol. The van der Waals surface area contributed by atoms with Gasteiger partial charge in [-0.25, -0.2) is 0 Å². The summed E-state index contributed by atoms with van der Waals surface area (Å²) in [6, 6.07) is 8.65. The summed E-state index contributed by atoms with van der Waals surface area (Å²) >= 11 is 0. The number of carbonyl (C=O) groups is 2. The Morgan fingerprint density at radius 1 is 1.31 bits per heavy atom. The summed E-state index contributed by atoms with van der Waals surface area (Å²) < 4.78 is 0. The average Bonchev–Trinajstić information content (AvgIpc) is 2.27. The molecule has 0 spiro atoms. The van der Waals surface area contributed by atoms with Gasteiger partial charge in [-0.05, 0) is 17.7 Å². The number of hydrogen-bond donors (Lipinski definition) is 2. The maximum atomic E-state index is 11.3. The van der Waals surface area contributed by atoms with Crippen molar-refractivity contribution in [2.24, 2.45) is 5.73 Å². The number of nitrogens with one attached hydrogen (secondary N) is 1. The number of benzene rings is 1. The van der Waals surface area contributed by atoms with Gasteiger partial charge in [0.2, 0.25) is 11.8 Å². The topological polar surface area (TPSA) is 96.0 Å². The molecule has 82 valence electrons. The monoisotopic (exact) mass is 217 g/mol. The lowest BCUT2D eigenvalue weighted by atomic mass is 10.1. The van der Waals surface area contributed by atoms with Crippen molar-refractivity contribution in [1.29, 1.82) is 5.26 Å². The van der Waals surface area contributed by atoms with E-state index in [0.29, 0.717) is 5.56 Å². The van der Waals surface area contributed by atoms with Crippen molar-refractivity contribution in [3.8, 4) is 6.07 Å². The van der Waals surface area contributed by atoms with Gasteiger partial charge in [0.1, 0.15) is 0 Å². The van der Waals surface area contributed by atoms with Crippen LogP contribution in [0.5, 0.6) is 0 Å². The van der Waals surface area contributed by atoms with Gasteiger partial charge in [0.05, 0.1) is 24.6 Å². The van der Waals surface area contributed by atoms with Crippen LogP contribution < -0.4 is 11.1 Å². The first-order valence-electron chi connectivity index (χ1n) is 4.66. The van der Waals surface area contributed by atoms with E-state index in [-0.39, 0.29) is 18.9 Å². The highest BCUT2D eigenvalue weighted by atomic mass is 16.2. The van der Waals surface area contributed by atoms with Crippen LogP contribution in [0.2, 0.25) is 0 Å². The van der Waals surface area contributed by atoms with E-state index in [4.69, 9.17) is 11.0 Å². The number of primary amides is 1. The third-order valence-corrected chi connectivity index (χ3v) is 1.91. The molecule has 0 aliphatic heterocycles. The van der Waals surface area contributed by atoms with E-state index in [0.717, 1.165) is 5.56 Å². The smallest absolute Gasteiger partial charge is 0.236 e. The van der Waals surface area contributed by atoms with Gasteiger partial charge in [-0.2, -0.15) is 5.26 Å². The zero-order valence-electron chi connectivity index (χ0n) is 8.56. The van der Waals surface area contributed by atoms with E-state index >= 15 is 0 Å². The minimum absolute atomic E-state index is 0.158. The number of carbonyl (C=O) groups excluding carboxylic acids is 2. The molecule has 16 heavy (non-hydrogen) atoms. The fourth-order valence-electron chi connectivity index (χ4n) is 1.13. The van der Waals surface area contributed by atoms with Crippen LogP contribution in [-0.4, -0.2) is 18.4 Å². The van der Waals surface area contributed by atoms with Crippen molar-refractivity contribution in [3.05, 3.63) is 35.4 Å². The Bertz CT molecular complexity index is 432. The molecule has 5 nitrogen and oxygen atoms in total. The Morgan fingerprint density at radius 3 is 2.44 bits per heavy atom. The normalized spacial score (nSPS) is 9.19. The Kier molecular flexibility index (Phi) is 4.04. The Morgan fingerprint density at radius 2 is 1.94 bits per heavy atom. The molecule has 0 unspecified atom stereocenters. The number of nitrogens with two attached hydrogens (primary N) is 1. The number of nitrogens with zero attached hydrogens (tertiary/aromatic N) is 1. The molecule has 0 saturated carbocycles. The maximum Gasteiger partial charge on any atom is 0.236 e. The highest BCUT2D eigenvalue weighted by Crippen LogP contribution is 2.03. The van der Waals surface area contributed by atoms with Gasteiger partial charge in [-0.3, -0.25) is 9.59 Å². The minimum Gasteiger partial charge on any atom is -0.368 e. The summed E-state index contributed by atoms with van der Waals surface area (Å²) in [5.74, 6) is -0.850. The Balaban J connectivity index is 2.50. The second kappa shape index (κ2) is 5.51. The van der Waals surface area contributed by atoms with Crippen LogP contribution in [-0.2, 0) is 16.0 Å². The summed E-state index contributed by atoms with van der Waals surface area (Å²) in [4.78, 5) is 21.7. The van der Waals surface area contributed by atoms with Gasteiger partial charge < -0.3 is 11.1 Å². The molecule has 1 aromatic carbocycles. The summed E-state index contributed by atoms with van der Waals surface area (Å²) in [6.45, 7) is -0.158. The molecule has 3 N–H and O–H groups in total. The lowest BCUT2D eigenvalue weighted by Crippen LogP contribution is -2.34. The lowest BCUT2D eigenvalue weighted by Gasteiger charge is -2.02. The molecule has 0 fully saturated rings. The molecule has 1 aromatic rings. The average molecular weight is 217 g/mol. The van der Waals surface area contributed by atoms with Crippen LogP contribution in [0.15, 0.2) is 24.3 Å². The molecule has 0 aliphatic rings. The van der Waals surface area contributed by atoms with Crippen molar-refractivity contribution < 1.29 is 9.59 Å².